The number of ketones is 1. The summed E-state index contributed by atoms with van der Waals surface area (Å²) in [6, 6.07) is 10.7. The van der Waals surface area contributed by atoms with Gasteiger partial charge < -0.3 is 0 Å². The van der Waals surface area contributed by atoms with Crippen LogP contribution in [0.25, 0.3) is 5.57 Å². The molecule has 2 nitrogen and oxygen atoms in total. The van der Waals surface area contributed by atoms with Crippen molar-refractivity contribution in [2.24, 2.45) is 0 Å². The first-order valence-corrected chi connectivity index (χ1v) is 7.31. The van der Waals surface area contributed by atoms with Crippen molar-refractivity contribution in [1.82, 2.24) is 0 Å². The maximum Gasteiger partial charge on any atom is 0.253 e. The highest BCUT2D eigenvalue weighted by molar-refractivity contribution is 6.68. The summed E-state index contributed by atoms with van der Waals surface area (Å²) < 4.78 is 0. The Morgan fingerprint density at radius 1 is 0.955 bits per heavy atom. The molecule has 0 saturated heterocycles. The quantitative estimate of drug-likeness (QED) is 0.458. The first-order valence-electron chi connectivity index (χ1n) is 6.93. The van der Waals surface area contributed by atoms with Gasteiger partial charge in [-0.25, -0.2) is 0 Å². The number of benzene rings is 2. The van der Waals surface area contributed by atoms with Gasteiger partial charge in [-0.15, -0.1) is 0 Å². The van der Waals surface area contributed by atoms with Gasteiger partial charge in [0.25, 0.3) is 5.24 Å². The van der Waals surface area contributed by atoms with Crippen LogP contribution in [0, 0.1) is 20.8 Å². The van der Waals surface area contributed by atoms with Crippen LogP contribution in [0.3, 0.4) is 0 Å². The van der Waals surface area contributed by atoms with Gasteiger partial charge >= 0.3 is 0 Å². The number of rotatable bonds is 4. The average Bonchev–Trinajstić information content (AvgIpc) is 2.45. The molecule has 0 radical (unpaired) electrons. The Bertz CT molecular complexity index is 765. The lowest BCUT2D eigenvalue weighted by atomic mass is 9.89. The van der Waals surface area contributed by atoms with E-state index in [4.69, 9.17) is 11.6 Å². The molecule has 0 aromatic heterocycles. The van der Waals surface area contributed by atoms with Crippen LogP contribution in [0.4, 0.5) is 0 Å². The molecule has 2 aromatic rings. The average molecular weight is 313 g/mol. The lowest BCUT2D eigenvalue weighted by Crippen LogP contribution is -2.09. The van der Waals surface area contributed by atoms with Gasteiger partial charge in [0.15, 0.2) is 5.78 Å². The molecule has 0 heterocycles. The van der Waals surface area contributed by atoms with Crippen molar-refractivity contribution in [1.29, 1.82) is 0 Å². The Hall–Kier alpha value is -2.19. The number of Topliss-reactive ketones (excluding diaryl/α,β-unsaturated/α-hetero) is 1. The van der Waals surface area contributed by atoms with Crippen molar-refractivity contribution in [3.63, 3.8) is 0 Å². The third-order valence-electron chi connectivity index (χ3n) is 3.64. The predicted octanol–water partition coefficient (Wildman–Crippen LogP) is 4.89. The third-order valence-corrected chi connectivity index (χ3v) is 3.85. The number of halogens is 1. The van der Waals surface area contributed by atoms with Crippen LogP contribution in [0.15, 0.2) is 43.0 Å². The fourth-order valence-electron chi connectivity index (χ4n) is 2.73. The molecule has 0 bridgehead atoms. The smallest absolute Gasteiger partial charge is 0.253 e. The van der Waals surface area contributed by atoms with E-state index in [-0.39, 0.29) is 11.4 Å². The van der Waals surface area contributed by atoms with Crippen LogP contribution in [0.1, 0.15) is 43.0 Å². The Morgan fingerprint density at radius 2 is 1.45 bits per heavy atom. The van der Waals surface area contributed by atoms with Gasteiger partial charge in [-0.05, 0) is 55.1 Å². The molecule has 112 valence electrons. The first kappa shape index (κ1) is 16.2. The standard InChI is InChI=1S/C19H17ClO2/c1-11-9-12(2)17(13(3)10-11)18(21)14(4)15-7-5-6-8-16(15)19(20)22/h5-10H,4H2,1-3H3. The van der Waals surface area contributed by atoms with Crippen LogP contribution < -0.4 is 0 Å². The molecular weight excluding hydrogens is 296 g/mol. The van der Waals surface area contributed by atoms with Crippen LogP contribution in [-0.2, 0) is 0 Å². The summed E-state index contributed by atoms with van der Waals surface area (Å²) in [6.45, 7) is 9.68. The number of allylic oxidation sites excluding steroid dienone is 1. The van der Waals surface area contributed by atoms with Gasteiger partial charge in [0, 0.05) is 16.7 Å². The highest BCUT2D eigenvalue weighted by Gasteiger charge is 2.20. The zero-order valence-electron chi connectivity index (χ0n) is 12.9. The second-order valence-electron chi connectivity index (χ2n) is 5.40. The highest BCUT2D eigenvalue weighted by atomic mass is 35.5. The summed E-state index contributed by atoms with van der Waals surface area (Å²) in [4.78, 5) is 24.3. The monoisotopic (exact) mass is 312 g/mol. The second-order valence-corrected chi connectivity index (χ2v) is 5.74. The highest BCUT2D eigenvalue weighted by Crippen LogP contribution is 2.26. The molecule has 0 atom stereocenters. The van der Waals surface area contributed by atoms with E-state index in [0.29, 0.717) is 16.7 Å². The molecule has 0 unspecified atom stereocenters. The summed E-state index contributed by atoms with van der Waals surface area (Å²) in [5.41, 5.74) is 4.59. The van der Waals surface area contributed by atoms with Crippen molar-refractivity contribution in [2.75, 3.05) is 0 Å². The summed E-state index contributed by atoms with van der Waals surface area (Å²) in [5, 5.41) is -0.595. The molecule has 0 saturated carbocycles. The second kappa shape index (κ2) is 6.29. The molecule has 0 aliphatic carbocycles. The summed E-state index contributed by atoms with van der Waals surface area (Å²) in [6.07, 6.45) is 0. The van der Waals surface area contributed by atoms with Crippen molar-refractivity contribution >= 4 is 28.2 Å². The number of hydrogen-bond donors (Lipinski definition) is 0. The van der Waals surface area contributed by atoms with Gasteiger partial charge in [0.2, 0.25) is 0 Å². The fourth-order valence-corrected chi connectivity index (χ4v) is 2.89. The number of carbonyl (C=O) groups is 2. The summed E-state index contributed by atoms with van der Waals surface area (Å²) >= 11 is 5.60. The number of aryl methyl sites for hydroxylation is 3. The van der Waals surface area contributed by atoms with Crippen LogP contribution in [-0.4, -0.2) is 11.0 Å². The number of hydrogen-bond acceptors (Lipinski definition) is 2. The molecule has 0 fully saturated rings. The molecule has 22 heavy (non-hydrogen) atoms. The number of carbonyl (C=O) groups excluding carboxylic acids is 2. The van der Waals surface area contributed by atoms with E-state index in [1.165, 1.54) is 0 Å². The van der Waals surface area contributed by atoms with Crippen LogP contribution >= 0.6 is 11.6 Å². The summed E-state index contributed by atoms with van der Waals surface area (Å²) in [5.74, 6) is -0.180. The minimum absolute atomic E-state index is 0.180. The largest absolute Gasteiger partial charge is 0.289 e. The maximum absolute atomic E-state index is 12.8. The van der Waals surface area contributed by atoms with Crippen molar-refractivity contribution < 1.29 is 9.59 Å². The Morgan fingerprint density at radius 3 is 1.95 bits per heavy atom. The lowest BCUT2D eigenvalue weighted by Gasteiger charge is -2.13. The zero-order chi connectivity index (χ0) is 16.4. The molecule has 0 N–H and O–H groups in total. The van der Waals surface area contributed by atoms with Crippen molar-refractivity contribution in [3.8, 4) is 0 Å². The van der Waals surface area contributed by atoms with Gasteiger partial charge in [-0.1, -0.05) is 42.5 Å². The Kier molecular flexibility index (Phi) is 4.62. The first-order chi connectivity index (χ1) is 10.3. The fraction of sp³-hybridized carbons (Fsp3) is 0.158. The van der Waals surface area contributed by atoms with E-state index in [9.17, 15) is 9.59 Å². The van der Waals surface area contributed by atoms with E-state index in [2.05, 4.69) is 6.58 Å². The Balaban J connectivity index is 2.52. The van der Waals surface area contributed by atoms with E-state index in [1.807, 2.05) is 32.9 Å². The normalized spacial score (nSPS) is 10.4. The van der Waals surface area contributed by atoms with E-state index in [0.717, 1.165) is 16.7 Å². The van der Waals surface area contributed by atoms with Gasteiger partial charge in [0.05, 0.1) is 0 Å². The van der Waals surface area contributed by atoms with Crippen molar-refractivity contribution in [2.45, 2.75) is 20.8 Å². The Labute approximate surface area is 135 Å². The van der Waals surface area contributed by atoms with Crippen LogP contribution in [0.5, 0.6) is 0 Å². The van der Waals surface area contributed by atoms with Crippen LogP contribution in [0.2, 0.25) is 0 Å². The van der Waals surface area contributed by atoms with E-state index >= 15 is 0 Å². The molecular formula is C19H17ClO2. The summed E-state index contributed by atoms with van der Waals surface area (Å²) in [7, 11) is 0. The lowest BCUT2D eigenvalue weighted by molar-refractivity contribution is 0.105. The van der Waals surface area contributed by atoms with Gasteiger partial charge in [-0.3, -0.25) is 9.59 Å². The molecule has 0 aliphatic heterocycles. The zero-order valence-corrected chi connectivity index (χ0v) is 13.6. The van der Waals surface area contributed by atoms with Crippen molar-refractivity contribution in [3.05, 3.63) is 76.4 Å². The molecule has 3 heteroatoms. The van der Waals surface area contributed by atoms with Gasteiger partial charge in [0.1, 0.15) is 0 Å². The van der Waals surface area contributed by atoms with Gasteiger partial charge in [-0.2, -0.15) is 0 Å². The van der Waals surface area contributed by atoms with E-state index < -0.39 is 5.24 Å². The molecule has 2 aromatic carbocycles. The predicted molar refractivity (Wildman–Crippen MR) is 90.6 cm³/mol. The topological polar surface area (TPSA) is 34.1 Å². The molecule has 2 rings (SSSR count). The maximum atomic E-state index is 12.8. The minimum atomic E-state index is -0.595. The third kappa shape index (κ3) is 3.02. The molecule has 0 aliphatic rings. The SMILES string of the molecule is C=C(C(=O)c1c(C)cc(C)cc1C)c1ccccc1C(=O)Cl. The molecule has 0 amide bonds. The molecule has 0 spiro atoms. The van der Waals surface area contributed by atoms with E-state index in [1.54, 1.807) is 24.3 Å². The minimum Gasteiger partial charge on any atom is -0.289 e.